The number of piperazine rings is 1. The zero-order chi connectivity index (χ0) is 17.1. The third-order valence-electron chi connectivity index (χ3n) is 5.33. The van der Waals surface area contributed by atoms with Crippen LogP contribution in [0.5, 0.6) is 0 Å². The lowest BCUT2D eigenvalue weighted by Crippen LogP contribution is -2.58. The van der Waals surface area contributed by atoms with Gasteiger partial charge in [-0.2, -0.15) is 0 Å². The summed E-state index contributed by atoms with van der Waals surface area (Å²) >= 11 is 0. The Balaban J connectivity index is 1.68. The Bertz CT molecular complexity index is 544. The van der Waals surface area contributed by atoms with Gasteiger partial charge < -0.3 is 14.9 Å². The van der Waals surface area contributed by atoms with Gasteiger partial charge in [-0.1, -0.05) is 13.3 Å². The van der Waals surface area contributed by atoms with Crippen LogP contribution < -0.4 is 4.90 Å². The van der Waals surface area contributed by atoms with Crippen molar-refractivity contribution < 1.29 is 5.11 Å². The third kappa shape index (κ3) is 3.87. The van der Waals surface area contributed by atoms with E-state index in [0.717, 1.165) is 63.6 Å². The van der Waals surface area contributed by atoms with Crippen LogP contribution in [0.2, 0.25) is 0 Å². The van der Waals surface area contributed by atoms with Crippen molar-refractivity contribution in [3.63, 3.8) is 0 Å². The summed E-state index contributed by atoms with van der Waals surface area (Å²) in [7, 11) is 2.17. The molecule has 2 atom stereocenters. The lowest BCUT2D eigenvalue weighted by atomic mass is 9.98. The molecule has 1 N–H and O–H groups in total. The van der Waals surface area contributed by atoms with Crippen molar-refractivity contribution in [1.29, 1.82) is 0 Å². The van der Waals surface area contributed by atoms with Gasteiger partial charge in [0.15, 0.2) is 0 Å². The molecule has 1 aromatic heterocycles. The highest BCUT2D eigenvalue weighted by Crippen LogP contribution is 2.25. The van der Waals surface area contributed by atoms with E-state index in [-0.39, 0.29) is 12.1 Å². The highest BCUT2D eigenvalue weighted by molar-refractivity contribution is 5.47. The van der Waals surface area contributed by atoms with Crippen molar-refractivity contribution in [2.45, 2.75) is 45.3 Å². The standard InChI is InChI=1S/C18H31N5O/c1-4-5-15-12-19-14(2)20-18(15)23-7-6-16(17(24)13-23)22-10-8-21(3)9-11-22/h12,16-17,24H,4-11,13H2,1-3H3/t16-,17-/m1/s1. The normalized spacial score (nSPS) is 26.8. The third-order valence-corrected chi connectivity index (χ3v) is 5.33. The zero-order valence-electron chi connectivity index (χ0n) is 15.3. The molecule has 0 unspecified atom stereocenters. The molecule has 2 aliphatic heterocycles. The van der Waals surface area contributed by atoms with E-state index in [4.69, 9.17) is 0 Å². The molecule has 0 amide bonds. The number of anilines is 1. The molecule has 6 nitrogen and oxygen atoms in total. The van der Waals surface area contributed by atoms with Crippen molar-refractivity contribution in [2.75, 3.05) is 51.2 Å². The van der Waals surface area contributed by atoms with Gasteiger partial charge in [0.1, 0.15) is 11.6 Å². The molecule has 0 aliphatic carbocycles. The number of hydrogen-bond donors (Lipinski definition) is 1. The van der Waals surface area contributed by atoms with Crippen molar-refractivity contribution >= 4 is 5.82 Å². The number of hydrogen-bond acceptors (Lipinski definition) is 6. The monoisotopic (exact) mass is 333 g/mol. The van der Waals surface area contributed by atoms with Crippen LogP contribution in [-0.2, 0) is 6.42 Å². The molecule has 3 rings (SSSR count). The molecule has 0 bridgehead atoms. The van der Waals surface area contributed by atoms with E-state index >= 15 is 0 Å². The zero-order valence-corrected chi connectivity index (χ0v) is 15.3. The molecular weight excluding hydrogens is 302 g/mol. The molecule has 2 fully saturated rings. The number of aryl methyl sites for hydroxylation is 2. The summed E-state index contributed by atoms with van der Waals surface area (Å²) in [5, 5.41) is 10.8. The molecule has 0 saturated carbocycles. The van der Waals surface area contributed by atoms with Gasteiger partial charge in [0.25, 0.3) is 0 Å². The summed E-state index contributed by atoms with van der Waals surface area (Å²) in [6.45, 7) is 10.1. The minimum Gasteiger partial charge on any atom is -0.390 e. The topological polar surface area (TPSA) is 55.7 Å². The number of likely N-dealkylation sites (N-methyl/N-ethyl adjacent to an activating group) is 1. The number of β-amino-alcohol motifs (C(OH)–C–C–N with tert-alkyl or cyclic N) is 1. The van der Waals surface area contributed by atoms with Crippen molar-refractivity contribution in [3.8, 4) is 0 Å². The van der Waals surface area contributed by atoms with E-state index in [0.29, 0.717) is 6.54 Å². The first-order valence-corrected chi connectivity index (χ1v) is 9.26. The number of rotatable bonds is 4. The predicted octanol–water partition coefficient (Wildman–Crippen LogP) is 0.925. The van der Waals surface area contributed by atoms with Gasteiger partial charge in [0.2, 0.25) is 0 Å². The molecule has 0 radical (unpaired) electrons. The first kappa shape index (κ1) is 17.6. The van der Waals surface area contributed by atoms with Gasteiger partial charge in [0.05, 0.1) is 6.10 Å². The molecule has 3 heterocycles. The Morgan fingerprint density at radius 1 is 1.21 bits per heavy atom. The van der Waals surface area contributed by atoms with Crippen molar-refractivity contribution in [2.24, 2.45) is 0 Å². The van der Waals surface area contributed by atoms with Crippen LogP contribution in [0.15, 0.2) is 6.20 Å². The number of aliphatic hydroxyl groups is 1. The molecule has 0 aromatic carbocycles. The SMILES string of the molecule is CCCc1cnc(C)nc1N1CC[C@@H](N2CCN(C)CC2)[C@H](O)C1. The Kier molecular flexibility index (Phi) is 5.69. The molecule has 6 heteroatoms. The van der Waals surface area contributed by atoms with Crippen LogP contribution in [0.3, 0.4) is 0 Å². The van der Waals surface area contributed by atoms with E-state index in [1.54, 1.807) is 0 Å². The minimum absolute atomic E-state index is 0.285. The lowest BCUT2D eigenvalue weighted by Gasteiger charge is -2.45. The maximum Gasteiger partial charge on any atom is 0.135 e. The summed E-state index contributed by atoms with van der Waals surface area (Å²) in [6, 6.07) is 0.285. The van der Waals surface area contributed by atoms with Crippen molar-refractivity contribution in [3.05, 3.63) is 17.6 Å². The summed E-state index contributed by atoms with van der Waals surface area (Å²) in [5.74, 6) is 1.83. The summed E-state index contributed by atoms with van der Waals surface area (Å²) in [6.07, 6.45) is 4.72. The van der Waals surface area contributed by atoms with Crippen LogP contribution >= 0.6 is 0 Å². The summed E-state index contributed by atoms with van der Waals surface area (Å²) in [5.41, 5.74) is 1.20. The number of nitrogens with zero attached hydrogens (tertiary/aromatic N) is 5. The highest BCUT2D eigenvalue weighted by atomic mass is 16.3. The van der Waals surface area contributed by atoms with Crippen LogP contribution in [0, 0.1) is 6.92 Å². The second kappa shape index (κ2) is 7.76. The second-order valence-corrected chi connectivity index (χ2v) is 7.22. The Hall–Kier alpha value is -1.24. The van der Waals surface area contributed by atoms with E-state index in [1.165, 1.54) is 5.56 Å². The predicted molar refractivity (Wildman–Crippen MR) is 96.5 cm³/mol. The smallest absolute Gasteiger partial charge is 0.135 e. The van der Waals surface area contributed by atoms with E-state index < -0.39 is 0 Å². The fraction of sp³-hybridized carbons (Fsp3) is 0.778. The van der Waals surface area contributed by atoms with Crippen molar-refractivity contribution in [1.82, 2.24) is 19.8 Å². The maximum absolute atomic E-state index is 10.8. The van der Waals surface area contributed by atoms with Gasteiger partial charge in [-0.25, -0.2) is 9.97 Å². The van der Waals surface area contributed by atoms with Gasteiger partial charge in [-0.05, 0) is 26.8 Å². The highest BCUT2D eigenvalue weighted by Gasteiger charge is 2.34. The lowest BCUT2D eigenvalue weighted by molar-refractivity contribution is 0.0138. The molecule has 0 spiro atoms. The number of aromatic nitrogens is 2. The van der Waals surface area contributed by atoms with Crippen LogP contribution in [-0.4, -0.2) is 83.3 Å². The molecule has 1 aromatic rings. The van der Waals surface area contributed by atoms with Crippen LogP contribution in [0.1, 0.15) is 31.2 Å². The average Bonchev–Trinajstić information content (AvgIpc) is 2.57. The summed E-state index contributed by atoms with van der Waals surface area (Å²) < 4.78 is 0. The van der Waals surface area contributed by atoms with Gasteiger partial charge in [0, 0.05) is 57.1 Å². The molecule has 2 saturated heterocycles. The van der Waals surface area contributed by atoms with Crippen LogP contribution in [0.4, 0.5) is 5.82 Å². The Labute approximate surface area is 145 Å². The van der Waals surface area contributed by atoms with Gasteiger partial charge >= 0.3 is 0 Å². The average molecular weight is 333 g/mol. The molecule has 134 valence electrons. The fourth-order valence-electron chi connectivity index (χ4n) is 3.89. The summed E-state index contributed by atoms with van der Waals surface area (Å²) in [4.78, 5) is 16.1. The first-order valence-electron chi connectivity index (χ1n) is 9.26. The largest absolute Gasteiger partial charge is 0.390 e. The van der Waals surface area contributed by atoms with Crippen LogP contribution in [0.25, 0.3) is 0 Å². The van der Waals surface area contributed by atoms with E-state index in [9.17, 15) is 5.11 Å². The van der Waals surface area contributed by atoms with E-state index in [1.807, 2.05) is 13.1 Å². The van der Waals surface area contributed by atoms with E-state index in [2.05, 4.69) is 38.6 Å². The number of piperidine rings is 1. The number of aliphatic hydroxyl groups excluding tert-OH is 1. The van der Waals surface area contributed by atoms with Gasteiger partial charge in [-0.3, -0.25) is 4.90 Å². The fourth-order valence-corrected chi connectivity index (χ4v) is 3.89. The minimum atomic E-state index is -0.313. The maximum atomic E-state index is 10.8. The molecule has 2 aliphatic rings. The quantitative estimate of drug-likeness (QED) is 0.884. The first-order chi connectivity index (χ1) is 11.6. The molecular formula is C18H31N5O. The molecule has 24 heavy (non-hydrogen) atoms. The Morgan fingerprint density at radius 3 is 2.62 bits per heavy atom. The van der Waals surface area contributed by atoms with Gasteiger partial charge in [-0.15, -0.1) is 0 Å². The second-order valence-electron chi connectivity index (χ2n) is 7.22. The Morgan fingerprint density at radius 2 is 1.96 bits per heavy atom.